The molecule has 1 aliphatic rings. The third-order valence-electron chi connectivity index (χ3n) is 7.90. The second-order valence-corrected chi connectivity index (χ2v) is 10.5. The number of unbranched alkanes of at least 4 members (excludes halogenated alkanes) is 4. The van der Waals surface area contributed by atoms with Crippen LogP contribution in [0.2, 0.25) is 0 Å². The summed E-state index contributed by atoms with van der Waals surface area (Å²) in [5.41, 5.74) is 7.50. The fourth-order valence-electron chi connectivity index (χ4n) is 6.04. The van der Waals surface area contributed by atoms with E-state index in [0.29, 0.717) is 12.5 Å². The Morgan fingerprint density at radius 1 is 1.03 bits per heavy atom. The number of rotatable bonds is 18. The van der Waals surface area contributed by atoms with Crippen molar-refractivity contribution in [1.82, 2.24) is 0 Å². The van der Waals surface area contributed by atoms with Gasteiger partial charge in [-0.15, -0.1) is 0 Å². The predicted octanol–water partition coefficient (Wildman–Crippen LogP) is 7.00. The van der Waals surface area contributed by atoms with Gasteiger partial charge in [-0.25, -0.2) is 0 Å². The lowest BCUT2D eigenvalue weighted by Gasteiger charge is -2.37. The standard InChI is InChI=1S/C30H49NO3/c1-2-3-7-17-28(32)18-11-5-4-8-14-25(19-22-31)26(23-29(33)34)24-30(20-12-13-21-30)27-15-9-6-10-16-27/h6,9-11,15-16,18,25-26,28,32H,2-5,7-8,12-14,17,19-24,31H2,1H3,(H,33,34). The van der Waals surface area contributed by atoms with Gasteiger partial charge in [-0.05, 0) is 74.3 Å². The summed E-state index contributed by atoms with van der Waals surface area (Å²) in [4.78, 5) is 11.8. The van der Waals surface area contributed by atoms with E-state index in [9.17, 15) is 15.0 Å². The number of aliphatic carboxylic acids is 1. The second kappa shape index (κ2) is 16.1. The number of hydrogen-bond donors (Lipinski definition) is 3. The molecular weight excluding hydrogens is 422 g/mol. The fraction of sp³-hybridized carbons (Fsp3) is 0.700. The molecule has 4 nitrogen and oxygen atoms in total. The average molecular weight is 472 g/mol. The molecule has 192 valence electrons. The monoisotopic (exact) mass is 471 g/mol. The van der Waals surface area contributed by atoms with E-state index in [1.54, 1.807) is 0 Å². The van der Waals surface area contributed by atoms with Crippen molar-refractivity contribution in [3.63, 3.8) is 0 Å². The normalized spacial score (nSPS) is 18.2. The first-order valence-electron chi connectivity index (χ1n) is 13.8. The molecule has 1 aromatic rings. The van der Waals surface area contributed by atoms with E-state index >= 15 is 0 Å². The van der Waals surface area contributed by atoms with Gasteiger partial charge in [0, 0.05) is 6.42 Å². The number of aliphatic hydroxyl groups excluding tert-OH is 1. The highest BCUT2D eigenvalue weighted by molar-refractivity contribution is 5.67. The largest absolute Gasteiger partial charge is 0.481 e. The molecule has 0 heterocycles. The molecule has 2 rings (SSSR count). The van der Waals surface area contributed by atoms with Crippen molar-refractivity contribution in [3.05, 3.63) is 48.0 Å². The Bertz CT molecular complexity index is 696. The average Bonchev–Trinajstić information content (AvgIpc) is 3.30. The van der Waals surface area contributed by atoms with Gasteiger partial charge in [0.25, 0.3) is 0 Å². The molecule has 1 fully saturated rings. The van der Waals surface area contributed by atoms with Crippen LogP contribution in [0.25, 0.3) is 0 Å². The van der Waals surface area contributed by atoms with Gasteiger partial charge >= 0.3 is 5.97 Å². The molecule has 0 aromatic heterocycles. The molecule has 4 N–H and O–H groups in total. The highest BCUT2D eigenvalue weighted by Crippen LogP contribution is 2.48. The lowest BCUT2D eigenvalue weighted by atomic mass is 9.68. The van der Waals surface area contributed by atoms with Gasteiger partial charge in [0.05, 0.1) is 6.10 Å². The Kier molecular flexibility index (Phi) is 13.5. The van der Waals surface area contributed by atoms with Crippen LogP contribution in [0.5, 0.6) is 0 Å². The summed E-state index contributed by atoms with van der Waals surface area (Å²) in [7, 11) is 0. The van der Waals surface area contributed by atoms with Gasteiger partial charge in [-0.1, -0.05) is 94.4 Å². The zero-order valence-electron chi connectivity index (χ0n) is 21.5. The third kappa shape index (κ3) is 9.92. The van der Waals surface area contributed by atoms with Gasteiger partial charge in [0.2, 0.25) is 0 Å². The first-order valence-corrected chi connectivity index (χ1v) is 13.8. The molecular formula is C30H49NO3. The number of carbonyl (C=O) groups is 1. The summed E-state index contributed by atoms with van der Waals surface area (Å²) in [6.07, 6.45) is 19.1. The van der Waals surface area contributed by atoms with E-state index in [4.69, 9.17) is 5.73 Å². The van der Waals surface area contributed by atoms with Gasteiger partial charge in [0.15, 0.2) is 0 Å². The number of nitrogens with two attached hydrogens (primary N) is 1. The summed E-state index contributed by atoms with van der Waals surface area (Å²) < 4.78 is 0. The molecule has 1 saturated carbocycles. The summed E-state index contributed by atoms with van der Waals surface area (Å²) in [5.74, 6) is -0.172. The van der Waals surface area contributed by atoms with Crippen molar-refractivity contribution in [1.29, 1.82) is 0 Å². The van der Waals surface area contributed by atoms with Crippen molar-refractivity contribution in [3.8, 4) is 0 Å². The molecule has 0 saturated heterocycles. The van der Waals surface area contributed by atoms with Gasteiger partial charge in [-0.2, -0.15) is 0 Å². The van der Waals surface area contributed by atoms with E-state index in [-0.39, 0.29) is 23.9 Å². The zero-order valence-corrected chi connectivity index (χ0v) is 21.5. The summed E-state index contributed by atoms with van der Waals surface area (Å²) in [5, 5.41) is 19.8. The van der Waals surface area contributed by atoms with Crippen molar-refractivity contribution in [2.45, 2.75) is 115 Å². The molecule has 3 atom stereocenters. The van der Waals surface area contributed by atoms with E-state index in [2.05, 4.69) is 43.3 Å². The fourth-order valence-corrected chi connectivity index (χ4v) is 6.04. The van der Waals surface area contributed by atoms with Gasteiger partial charge in [0.1, 0.15) is 0 Å². The smallest absolute Gasteiger partial charge is 0.303 e. The Labute approximate surface area is 208 Å². The van der Waals surface area contributed by atoms with Crippen molar-refractivity contribution >= 4 is 5.97 Å². The van der Waals surface area contributed by atoms with E-state index in [0.717, 1.165) is 64.2 Å². The van der Waals surface area contributed by atoms with Crippen LogP contribution in [0.15, 0.2) is 42.5 Å². The second-order valence-electron chi connectivity index (χ2n) is 10.5. The number of benzene rings is 1. The minimum Gasteiger partial charge on any atom is -0.481 e. The molecule has 0 amide bonds. The number of carboxylic acid groups (broad SMARTS) is 1. The maximum atomic E-state index is 11.8. The molecule has 0 bridgehead atoms. The maximum Gasteiger partial charge on any atom is 0.303 e. The summed E-state index contributed by atoms with van der Waals surface area (Å²) >= 11 is 0. The molecule has 0 radical (unpaired) electrons. The Morgan fingerprint density at radius 3 is 2.38 bits per heavy atom. The van der Waals surface area contributed by atoms with Crippen LogP contribution in [0.3, 0.4) is 0 Å². The number of aliphatic hydroxyl groups is 1. The van der Waals surface area contributed by atoms with Crippen molar-refractivity contribution in [2.24, 2.45) is 17.6 Å². The Morgan fingerprint density at radius 2 is 1.74 bits per heavy atom. The minimum absolute atomic E-state index is 0.116. The van der Waals surface area contributed by atoms with E-state index < -0.39 is 5.97 Å². The SMILES string of the molecule is CCCCCC(O)C=CCCCCC(CCN)C(CC(=O)O)CC1(c2ccccc2)CCCC1. The number of hydrogen-bond acceptors (Lipinski definition) is 3. The van der Waals surface area contributed by atoms with E-state index in [1.807, 2.05) is 6.08 Å². The van der Waals surface area contributed by atoms with Gasteiger partial charge in [-0.3, -0.25) is 4.79 Å². The maximum absolute atomic E-state index is 11.8. The Balaban J connectivity index is 1.95. The van der Waals surface area contributed by atoms with Crippen LogP contribution in [0.1, 0.15) is 109 Å². The number of allylic oxidation sites excluding steroid dienone is 1. The molecule has 34 heavy (non-hydrogen) atoms. The molecule has 1 aromatic carbocycles. The quantitative estimate of drug-likeness (QED) is 0.159. The van der Waals surface area contributed by atoms with Gasteiger partial charge < -0.3 is 15.9 Å². The third-order valence-corrected chi connectivity index (χ3v) is 7.90. The Hall–Kier alpha value is -1.65. The molecule has 3 unspecified atom stereocenters. The van der Waals surface area contributed by atoms with Crippen LogP contribution in [0, 0.1) is 11.8 Å². The van der Waals surface area contributed by atoms with Crippen LogP contribution in [-0.4, -0.2) is 28.8 Å². The predicted molar refractivity (Wildman–Crippen MR) is 142 cm³/mol. The highest BCUT2D eigenvalue weighted by Gasteiger charge is 2.39. The van der Waals surface area contributed by atoms with Crippen LogP contribution >= 0.6 is 0 Å². The van der Waals surface area contributed by atoms with Crippen LogP contribution in [0.4, 0.5) is 0 Å². The highest BCUT2D eigenvalue weighted by atomic mass is 16.4. The summed E-state index contributed by atoms with van der Waals surface area (Å²) in [6.45, 7) is 2.79. The topological polar surface area (TPSA) is 83.5 Å². The minimum atomic E-state index is -0.687. The summed E-state index contributed by atoms with van der Waals surface area (Å²) in [6, 6.07) is 10.8. The molecule has 0 spiro atoms. The van der Waals surface area contributed by atoms with Crippen molar-refractivity contribution < 1.29 is 15.0 Å². The lowest BCUT2D eigenvalue weighted by molar-refractivity contribution is -0.138. The van der Waals surface area contributed by atoms with E-state index in [1.165, 1.54) is 31.2 Å². The molecule has 4 heteroatoms. The molecule has 1 aliphatic carbocycles. The van der Waals surface area contributed by atoms with Crippen LogP contribution in [-0.2, 0) is 10.2 Å². The zero-order chi connectivity index (χ0) is 24.7. The van der Waals surface area contributed by atoms with Crippen LogP contribution < -0.4 is 5.73 Å². The van der Waals surface area contributed by atoms with Crippen molar-refractivity contribution in [2.75, 3.05) is 6.54 Å². The number of carboxylic acids is 1. The first kappa shape index (κ1) is 28.6. The first-order chi connectivity index (χ1) is 16.5. The molecule has 0 aliphatic heterocycles. The lowest BCUT2D eigenvalue weighted by Crippen LogP contribution is -2.31.